The van der Waals surface area contributed by atoms with Crippen LogP contribution in [0, 0.1) is 5.82 Å². The number of likely N-dealkylation sites (N-methyl/N-ethyl adjacent to an activating group) is 1. The largest absolute Gasteiger partial charge is 0.473 e. The molecule has 0 aliphatic heterocycles. The average molecular weight is 479 g/mol. The quantitative estimate of drug-likeness (QED) is 0.280. The van der Waals surface area contributed by atoms with Crippen molar-refractivity contribution in [1.82, 2.24) is 19.5 Å². The first-order chi connectivity index (χ1) is 15.4. The molecule has 33 heavy (non-hydrogen) atoms. The summed E-state index contributed by atoms with van der Waals surface area (Å²) in [5, 5.41) is 3.69. The summed E-state index contributed by atoms with van der Waals surface area (Å²) in [6.45, 7) is 9.75. The first-order valence-electron chi connectivity index (χ1n) is 10.8. The van der Waals surface area contributed by atoms with Gasteiger partial charge in [-0.3, -0.25) is 4.31 Å². The van der Waals surface area contributed by atoms with Gasteiger partial charge >= 0.3 is 0 Å². The van der Waals surface area contributed by atoms with E-state index in [4.69, 9.17) is 4.74 Å². The van der Waals surface area contributed by atoms with Crippen LogP contribution in [0.1, 0.15) is 39.3 Å². The summed E-state index contributed by atoms with van der Waals surface area (Å²) in [4.78, 5) is 5.18. The van der Waals surface area contributed by atoms with Crippen LogP contribution in [0.15, 0.2) is 54.6 Å². The van der Waals surface area contributed by atoms with Gasteiger partial charge in [0.05, 0.1) is 17.6 Å². The van der Waals surface area contributed by atoms with E-state index in [2.05, 4.69) is 16.9 Å². The number of aromatic nitrogens is 1. The molecule has 0 aliphatic carbocycles. The third-order valence-electron chi connectivity index (χ3n) is 5.82. The Balaban J connectivity index is 2.35. The molecule has 0 spiro atoms. The van der Waals surface area contributed by atoms with Gasteiger partial charge in [0.2, 0.25) is 10.0 Å². The molecule has 0 radical (unpaired) electrons. The van der Waals surface area contributed by atoms with E-state index < -0.39 is 15.7 Å². The number of allylic oxidation sites excluding steroid dienone is 2. The Labute approximate surface area is 196 Å². The second kappa shape index (κ2) is 10.3. The van der Waals surface area contributed by atoms with Crippen LogP contribution in [0.2, 0.25) is 0 Å². The molecule has 0 aliphatic rings. The molecule has 1 unspecified atom stereocenters. The molecule has 0 bridgehead atoms. The number of H-pyrrole nitrogens is 1. The van der Waals surface area contributed by atoms with E-state index in [1.165, 1.54) is 13.1 Å². The number of ether oxygens (including phenoxy) is 1. The zero-order chi connectivity index (χ0) is 25.0. The molecule has 0 fully saturated rings. The summed E-state index contributed by atoms with van der Waals surface area (Å²) in [5.41, 5.74) is 1.82. The number of benzene rings is 1. The highest BCUT2D eigenvalue weighted by molar-refractivity contribution is 7.88. The van der Waals surface area contributed by atoms with Gasteiger partial charge in [0.25, 0.3) is 0 Å². The maximum Gasteiger partial charge on any atom is 0.231 e. The number of aromatic amines is 1. The molecular formula is C24H35FN4O3S. The fourth-order valence-electron chi connectivity index (χ4n) is 3.23. The number of halogens is 1. The Kier molecular flexibility index (Phi) is 8.24. The fraction of sp³-hybridized carbons (Fsp3) is 0.417. The molecule has 182 valence electrons. The van der Waals surface area contributed by atoms with Gasteiger partial charge in [-0.25, -0.2) is 12.8 Å². The summed E-state index contributed by atoms with van der Waals surface area (Å²) >= 11 is 0. The van der Waals surface area contributed by atoms with Crippen LogP contribution in [-0.2, 0) is 14.8 Å². The summed E-state index contributed by atoms with van der Waals surface area (Å²) < 4.78 is 45.2. The Morgan fingerprint density at radius 2 is 2.00 bits per heavy atom. The molecule has 1 atom stereocenters. The van der Waals surface area contributed by atoms with Gasteiger partial charge in [-0.1, -0.05) is 26.5 Å². The van der Waals surface area contributed by atoms with Crippen molar-refractivity contribution in [2.75, 3.05) is 27.4 Å². The normalized spacial score (nSPS) is 14.7. The molecule has 2 N–H and O–H groups in total. The van der Waals surface area contributed by atoms with Crippen LogP contribution < -0.4 is 5.32 Å². The molecule has 7 nitrogen and oxygen atoms in total. The van der Waals surface area contributed by atoms with Gasteiger partial charge in [0.1, 0.15) is 11.6 Å². The SMILES string of the molecule is C=C(/C=C(\CC)OC(C)(CC)N(C)/C=C(\NC)c1cc2c(F)cccc2[nH]1)N(C)S(C)(=O)=O. The van der Waals surface area contributed by atoms with Crippen LogP contribution in [-0.4, -0.2) is 55.7 Å². The Hall–Kier alpha value is -2.94. The van der Waals surface area contributed by atoms with Crippen LogP contribution in [0.25, 0.3) is 16.6 Å². The number of nitrogens with zero attached hydrogens (tertiary/aromatic N) is 2. The zero-order valence-electron chi connectivity index (χ0n) is 20.5. The van der Waals surface area contributed by atoms with E-state index in [9.17, 15) is 12.8 Å². The second-order valence-corrected chi connectivity index (χ2v) is 10.1. The van der Waals surface area contributed by atoms with Gasteiger partial charge in [-0.05, 0) is 31.2 Å². The first kappa shape index (κ1) is 26.3. The van der Waals surface area contributed by atoms with Gasteiger partial charge in [0.15, 0.2) is 5.72 Å². The van der Waals surface area contributed by atoms with E-state index in [-0.39, 0.29) is 5.82 Å². The average Bonchev–Trinajstić information content (AvgIpc) is 3.20. The van der Waals surface area contributed by atoms with Crippen molar-refractivity contribution >= 4 is 26.6 Å². The minimum Gasteiger partial charge on any atom is -0.473 e. The highest BCUT2D eigenvalue weighted by atomic mass is 32.2. The van der Waals surface area contributed by atoms with Crippen molar-refractivity contribution in [3.63, 3.8) is 0 Å². The smallest absolute Gasteiger partial charge is 0.231 e. The topological polar surface area (TPSA) is 77.7 Å². The Bertz CT molecular complexity index is 1170. The lowest BCUT2D eigenvalue weighted by atomic mass is 10.1. The molecule has 2 rings (SSSR count). The highest BCUT2D eigenvalue weighted by Gasteiger charge is 2.29. The standard InChI is InChI=1S/C24H35FN4O3S/c1-9-18(14-17(3)29(7)33(8,30)31)32-24(4,10-2)28(6)16-23(26-5)22-15-19-20(25)12-11-13-21(19)27-22/h11-16,26-27H,3,9-10H2,1-2,4-8H3/b18-14+,23-16-. The molecule has 0 saturated heterocycles. The van der Waals surface area contributed by atoms with Crippen LogP contribution in [0.5, 0.6) is 0 Å². The first-order valence-corrected chi connectivity index (χ1v) is 12.6. The van der Waals surface area contributed by atoms with Crippen molar-refractivity contribution in [2.24, 2.45) is 0 Å². The number of fused-ring (bicyclic) bond motifs is 1. The van der Waals surface area contributed by atoms with Gasteiger partial charge in [-0.15, -0.1) is 0 Å². The van der Waals surface area contributed by atoms with E-state index in [1.54, 1.807) is 25.3 Å². The van der Waals surface area contributed by atoms with Gasteiger partial charge < -0.3 is 19.9 Å². The lowest BCUT2D eigenvalue weighted by molar-refractivity contribution is -0.0841. The molecule has 0 saturated carbocycles. The predicted molar refractivity (Wildman–Crippen MR) is 133 cm³/mol. The van der Waals surface area contributed by atoms with Crippen LogP contribution in [0.3, 0.4) is 0 Å². The number of hydrogen-bond donors (Lipinski definition) is 2. The Morgan fingerprint density at radius 3 is 2.52 bits per heavy atom. The number of rotatable bonds is 11. The molecule has 0 amide bonds. The minimum atomic E-state index is -3.41. The summed E-state index contributed by atoms with van der Waals surface area (Å²) in [6, 6.07) is 6.71. The monoisotopic (exact) mass is 478 g/mol. The zero-order valence-corrected chi connectivity index (χ0v) is 21.3. The molecule has 1 aromatic heterocycles. The maximum atomic E-state index is 14.1. The van der Waals surface area contributed by atoms with Crippen LogP contribution >= 0.6 is 0 Å². The lowest BCUT2D eigenvalue weighted by Crippen LogP contribution is -2.43. The number of hydrogen-bond acceptors (Lipinski definition) is 5. The number of nitrogens with one attached hydrogen (secondary N) is 2. The summed E-state index contributed by atoms with van der Waals surface area (Å²) in [5.74, 6) is 0.330. The van der Waals surface area contributed by atoms with Crippen molar-refractivity contribution in [3.8, 4) is 0 Å². The van der Waals surface area contributed by atoms with E-state index in [0.717, 1.165) is 22.0 Å². The van der Waals surface area contributed by atoms with E-state index >= 15 is 0 Å². The maximum absolute atomic E-state index is 14.1. The molecule has 2 aromatic rings. The molecular weight excluding hydrogens is 443 g/mol. The summed E-state index contributed by atoms with van der Waals surface area (Å²) in [6.07, 6.45) is 5.87. The fourth-order valence-corrected chi connectivity index (χ4v) is 3.71. The van der Waals surface area contributed by atoms with Gasteiger partial charge in [-0.2, -0.15) is 0 Å². The highest BCUT2D eigenvalue weighted by Crippen LogP contribution is 2.28. The molecule has 1 heterocycles. The summed E-state index contributed by atoms with van der Waals surface area (Å²) in [7, 11) is 1.74. The van der Waals surface area contributed by atoms with Crippen LogP contribution in [0.4, 0.5) is 4.39 Å². The van der Waals surface area contributed by atoms with Crippen molar-refractivity contribution in [3.05, 3.63) is 66.1 Å². The third kappa shape index (κ3) is 6.10. The van der Waals surface area contributed by atoms with E-state index in [0.29, 0.717) is 35.2 Å². The number of sulfonamides is 1. The minimum absolute atomic E-state index is 0.280. The van der Waals surface area contributed by atoms with Gasteiger partial charge in [0, 0.05) is 56.8 Å². The second-order valence-electron chi connectivity index (χ2n) is 8.10. The Morgan fingerprint density at radius 1 is 1.33 bits per heavy atom. The molecule has 9 heteroatoms. The van der Waals surface area contributed by atoms with E-state index in [1.807, 2.05) is 45.0 Å². The predicted octanol–water partition coefficient (Wildman–Crippen LogP) is 4.60. The van der Waals surface area contributed by atoms with Crippen molar-refractivity contribution in [1.29, 1.82) is 0 Å². The molecule has 1 aromatic carbocycles. The van der Waals surface area contributed by atoms with Crippen molar-refractivity contribution in [2.45, 2.75) is 39.3 Å². The lowest BCUT2D eigenvalue weighted by Gasteiger charge is -2.39. The third-order valence-corrected chi connectivity index (χ3v) is 7.05. The van der Waals surface area contributed by atoms with Crippen molar-refractivity contribution < 1.29 is 17.5 Å².